The van der Waals surface area contributed by atoms with Gasteiger partial charge in [-0.1, -0.05) is 12.1 Å². The molecule has 0 radical (unpaired) electrons. The Morgan fingerprint density at radius 3 is 2.09 bits per heavy atom. The van der Waals surface area contributed by atoms with E-state index in [9.17, 15) is 4.79 Å². The summed E-state index contributed by atoms with van der Waals surface area (Å²) in [6.45, 7) is 9.85. The molecule has 2 saturated heterocycles. The van der Waals surface area contributed by atoms with Gasteiger partial charge in [-0.3, -0.25) is 0 Å². The molecular formula is C17H25BN2O3. The largest absolute Gasteiger partial charge is 0.494 e. The summed E-state index contributed by atoms with van der Waals surface area (Å²) >= 11 is 0. The third kappa shape index (κ3) is 3.24. The van der Waals surface area contributed by atoms with Gasteiger partial charge in [0.1, 0.15) is 0 Å². The van der Waals surface area contributed by atoms with E-state index in [-0.39, 0.29) is 24.4 Å². The first kappa shape index (κ1) is 16.3. The standard InChI is InChI=1S/C17H25BN2O3/c1-16(2)17(3,4)23-18(22-16)13-7-9-14(10-8-13)19-15(21)20-11-5-6-12-20/h7-10H,5-6,11-12H2,1-4H3,(H,19,21). The number of hydrogen-bond donors (Lipinski definition) is 1. The molecule has 0 aromatic heterocycles. The molecule has 2 aliphatic heterocycles. The molecule has 1 N–H and O–H groups in total. The average molecular weight is 316 g/mol. The molecule has 2 fully saturated rings. The van der Waals surface area contributed by atoms with E-state index >= 15 is 0 Å². The number of benzene rings is 1. The van der Waals surface area contributed by atoms with Gasteiger partial charge in [-0.15, -0.1) is 0 Å². The quantitative estimate of drug-likeness (QED) is 0.853. The number of hydrogen-bond acceptors (Lipinski definition) is 3. The van der Waals surface area contributed by atoms with Crippen LogP contribution in [0.25, 0.3) is 0 Å². The number of anilines is 1. The molecule has 0 aliphatic carbocycles. The lowest BCUT2D eigenvalue weighted by Gasteiger charge is -2.32. The summed E-state index contributed by atoms with van der Waals surface area (Å²) in [5.74, 6) is 0. The number of urea groups is 1. The second-order valence-corrected chi connectivity index (χ2v) is 7.33. The number of nitrogens with zero attached hydrogens (tertiary/aromatic N) is 1. The van der Waals surface area contributed by atoms with Crippen LogP contribution in [0, 0.1) is 0 Å². The predicted octanol–water partition coefficient (Wildman–Crippen LogP) is 2.61. The number of carbonyl (C=O) groups is 1. The number of carbonyl (C=O) groups excluding carboxylic acids is 1. The predicted molar refractivity (Wildman–Crippen MR) is 92.0 cm³/mol. The minimum absolute atomic E-state index is 0.0223. The van der Waals surface area contributed by atoms with Gasteiger partial charge in [-0.25, -0.2) is 4.79 Å². The van der Waals surface area contributed by atoms with E-state index in [0.29, 0.717) is 0 Å². The Morgan fingerprint density at radius 1 is 1.04 bits per heavy atom. The number of rotatable bonds is 2. The van der Waals surface area contributed by atoms with Crippen molar-refractivity contribution in [3.05, 3.63) is 24.3 Å². The summed E-state index contributed by atoms with van der Waals surface area (Å²) in [6, 6.07) is 7.66. The van der Waals surface area contributed by atoms with Gasteiger partial charge in [0.2, 0.25) is 0 Å². The van der Waals surface area contributed by atoms with Crippen molar-refractivity contribution < 1.29 is 14.1 Å². The Hall–Kier alpha value is -1.53. The normalized spacial score (nSPS) is 22.4. The van der Waals surface area contributed by atoms with Crippen LogP contribution in [0.5, 0.6) is 0 Å². The second-order valence-electron chi connectivity index (χ2n) is 7.33. The lowest BCUT2D eigenvalue weighted by molar-refractivity contribution is 0.00578. The van der Waals surface area contributed by atoms with Crippen LogP contribution in [0.1, 0.15) is 40.5 Å². The van der Waals surface area contributed by atoms with Gasteiger partial charge in [-0.05, 0) is 58.1 Å². The van der Waals surface area contributed by atoms with Gasteiger partial charge in [0.15, 0.2) is 0 Å². The maximum atomic E-state index is 12.1. The zero-order valence-corrected chi connectivity index (χ0v) is 14.4. The molecule has 6 heteroatoms. The summed E-state index contributed by atoms with van der Waals surface area (Å²) in [4.78, 5) is 13.9. The van der Waals surface area contributed by atoms with E-state index in [0.717, 1.165) is 37.1 Å². The molecule has 0 atom stereocenters. The molecule has 0 bridgehead atoms. The molecule has 2 heterocycles. The smallest absolute Gasteiger partial charge is 0.399 e. The molecule has 1 aromatic rings. The Bertz CT molecular complexity index is 564. The summed E-state index contributed by atoms with van der Waals surface area (Å²) in [6.07, 6.45) is 2.18. The van der Waals surface area contributed by atoms with E-state index in [1.54, 1.807) is 0 Å². The van der Waals surface area contributed by atoms with Crippen molar-refractivity contribution in [2.45, 2.75) is 51.7 Å². The van der Waals surface area contributed by atoms with Crippen LogP contribution in [-0.2, 0) is 9.31 Å². The summed E-state index contributed by atoms with van der Waals surface area (Å²) < 4.78 is 12.1. The van der Waals surface area contributed by atoms with Gasteiger partial charge >= 0.3 is 13.1 Å². The average Bonchev–Trinajstić information content (AvgIpc) is 3.07. The maximum Gasteiger partial charge on any atom is 0.494 e. The molecule has 0 saturated carbocycles. The lowest BCUT2D eigenvalue weighted by atomic mass is 9.79. The molecule has 2 aliphatic rings. The fourth-order valence-electron chi connectivity index (χ4n) is 2.83. The molecule has 124 valence electrons. The molecule has 23 heavy (non-hydrogen) atoms. The first-order valence-corrected chi connectivity index (χ1v) is 8.30. The fraction of sp³-hybridized carbons (Fsp3) is 0.588. The molecule has 5 nitrogen and oxygen atoms in total. The Morgan fingerprint density at radius 2 is 1.57 bits per heavy atom. The van der Waals surface area contributed by atoms with E-state index < -0.39 is 0 Å². The van der Waals surface area contributed by atoms with E-state index in [1.807, 2.05) is 56.9 Å². The summed E-state index contributed by atoms with van der Waals surface area (Å²) in [7, 11) is -0.372. The van der Waals surface area contributed by atoms with Crippen LogP contribution in [0.2, 0.25) is 0 Å². The zero-order chi connectivity index (χ0) is 16.7. The molecule has 3 rings (SSSR count). The van der Waals surface area contributed by atoms with Crippen molar-refractivity contribution >= 4 is 24.3 Å². The second kappa shape index (κ2) is 5.84. The van der Waals surface area contributed by atoms with Crippen LogP contribution in [0.3, 0.4) is 0 Å². The van der Waals surface area contributed by atoms with Crippen LogP contribution in [-0.4, -0.2) is 42.3 Å². The van der Waals surface area contributed by atoms with E-state index in [1.165, 1.54) is 0 Å². The Kier molecular flexibility index (Phi) is 4.15. The third-order valence-corrected chi connectivity index (χ3v) is 5.08. The van der Waals surface area contributed by atoms with Crippen molar-refractivity contribution in [3.8, 4) is 0 Å². The molecule has 1 aromatic carbocycles. The zero-order valence-electron chi connectivity index (χ0n) is 14.4. The van der Waals surface area contributed by atoms with E-state index in [2.05, 4.69) is 5.32 Å². The highest BCUT2D eigenvalue weighted by molar-refractivity contribution is 6.62. The van der Waals surface area contributed by atoms with Crippen molar-refractivity contribution in [2.24, 2.45) is 0 Å². The maximum absolute atomic E-state index is 12.1. The van der Waals surface area contributed by atoms with Gasteiger partial charge in [0, 0.05) is 18.8 Å². The summed E-state index contributed by atoms with van der Waals surface area (Å²) in [5, 5.41) is 2.94. The van der Waals surface area contributed by atoms with Gasteiger partial charge in [0.05, 0.1) is 11.2 Å². The Labute approximate surface area is 138 Å². The van der Waals surface area contributed by atoms with Crippen molar-refractivity contribution in [1.29, 1.82) is 0 Å². The van der Waals surface area contributed by atoms with Crippen molar-refractivity contribution in [3.63, 3.8) is 0 Å². The highest BCUT2D eigenvalue weighted by atomic mass is 16.7. The molecule has 0 spiro atoms. The molecule has 2 amide bonds. The lowest BCUT2D eigenvalue weighted by Crippen LogP contribution is -2.41. The fourth-order valence-corrected chi connectivity index (χ4v) is 2.83. The van der Waals surface area contributed by atoms with Crippen LogP contribution >= 0.6 is 0 Å². The topological polar surface area (TPSA) is 50.8 Å². The van der Waals surface area contributed by atoms with E-state index in [4.69, 9.17) is 9.31 Å². The van der Waals surface area contributed by atoms with Crippen LogP contribution in [0.4, 0.5) is 10.5 Å². The van der Waals surface area contributed by atoms with Gasteiger partial charge < -0.3 is 19.5 Å². The molecule has 0 unspecified atom stereocenters. The third-order valence-electron chi connectivity index (χ3n) is 5.08. The first-order valence-electron chi connectivity index (χ1n) is 8.30. The van der Waals surface area contributed by atoms with Crippen LogP contribution < -0.4 is 10.8 Å². The van der Waals surface area contributed by atoms with Crippen molar-refractivity contribution in [1.82, 2.24) is 4.90 Å². The van der Waals surface area contributed by atoms with Gasteiger partial charge in [0.25, 0.3) is 0 Å². The minimum Gasteiger partial charge on any atom is -0.399 e. The Balaban J connectivity index is 1.65. The van der Waals surface area contributed by atoms with Crippen molar-refractivity contribution in [2.75, 3.05) is 18.4 Å². The monoisotopic (exact) mass is 316 g/mol. The SMILES string of the molecule is CC1(C)OB(c2ccc(NC(=O)N3CCCC3)cc2)OC1(C)C. The van der Waals surface area contributed by atoms with Gasteiger partial charge in [-0.2, -0.15) is 0 Å². The number of amides is 2. The first-order chi connectivity index (χ1) is 10.8. The highest BCUT2D eigenvalue weighted by Gasteiger charge is 2.51. The number of nitrogens with one attached hydrogen (secondary N) is 1. The number of likely N-dealkylation sites (tertiary alicyclic amines) is 1. The highest BCUT2D eigenvalue weighted by Crippen LogP contribution is 2.36. The van der Waals surface area contributed by atoms with Crippen LogP contribution in [0.15, 0.2) is 24.3 Å². The minimum atomic E-state index is -0.372. The molecular weight excluding hydrogens is 291 g/mol. The summed E-state index contributed by atoms with van der Waals surface area (Å²) in [5.41, 5.74) is 1.06.